The first-order valence-electron chi connectivity index (χ1n) is 10.0. The fourth-order valence-electron chi connectivity index (χ4n) is 4.55. The topological polar surface area (TPSA) is 46.7 Å². The minimum absolute atomic E-state index is 0.172. The molecule has 2 aromatic rings. The average Bonchev–Trinajstić information content (AvgIpc) is 3.23. The van der Waals surface area contributed by atoms with Gasteiger partial charge in [0.05, 0.1) is 19.4 Å². The summed E-state index contributed by atoms with van der Waals surface area (Å²) in [6, 6.07) is 12.9. The normalized spacial score (nSPS) is 21.8. The van der Waals surface area contributed by atoms with Crippen molar-refractivity contribution in [3.05, 3.63) is 59.5 Å². The molecule has 0 saturated heterocycles. The van der Waals surface area contributed by atoms with Gasteiger partial charge in [-0.2, -0.15) is 0 Å². The van der Waals surface area contributed by atoms with E-state index in [9.17, 15) is 4.79 Å². The number of carbonyl (C=O) groups excluding carboxylic acids is 1. The lowest BCUT2D eigenvalue weighted by molar-refractivity contribution is -0.946. The summed E-state index contributed by atoms with van der Waals surface area (Å²) < 4.78 is 5.74. The summed E-state index contributed by atoms with van der Waals surface area (Å²) in [5.74, 6) is 1.42. The van der Waals surface area contributed by atoms with E-state index in [2.05, 4.69) is 29.6 Å². The summed E-state index contributed by atoms with van der Waals surface area (Å²) in [7, 11) is 0. The maximum atomic E-state index is 12.6. The molecule has 2 atom stereocenters. The number of quaternary nitrogens is 1. The Balaban J connectivity index is 1.44. The van der Waals surface area contributed by atoms with Gasteiger partial charge >= 0.3 is 0 Å². The Morgan fingerprint density at radius 1 is 1.12 bits per heavy atom. The number of amides is 1. The Kier molecular flexibility index (Phi) is 5.40. The Morgan fingerprint density at radius 2 is 1.92 bits per heavy atom. The van der Waals surface area contributed by atoms with Crippen molar-refractivity contribution in [2.75, 3.05) is 13.1 Å². The minimum atomic E-state index is 0.172. The molecular weight excluding hydrogens is 324 g/mol. The van der Waals surface area contributed by atoms with E-state index < -0.39 is 0 Å². The zero-order valence-corrected chi connectivity index (χ0v) is 15.4. The van der Waals surface area contributed by atoms with Gasteiger partial charge in [0, 0.05) is 17.9 Å². The summed E-state index contributed by atoms with van der Waals surface area (Å²) in [5.41, 5.74) is 2.88. The third-order valence-electron chi connectivity index (χ3n) is 6.09. The summed E-state index contributed by atoms with van der Waals surface area (Å²) in [5, 5.41) is 3.24. The molecule has 1 amide bonds. The van der Waals surface area contributed by atoms with Gasteiger partial charge in [-0.05, 0) is 30.5 Å². The molecule has 26 heavy (non-hydrogen) atoms. The molecule has 0 bridgehead atoms. The molecule has 1 aromatic carbocycles. The van der Waals surface area contributed by atoms with Crippen LogP contribution in [0.5, 0.6) is 0 Å². The summed E-state index contributed by atoms with van der Waals surface area (Å²) >= 11 is 0. The van der Waals surface area contributed by atoms with Crippen molar-refractivity contribution in [3.63, 3.8) is 0 Å². The highest BCUT2D eigenvalue weighted by atomic mass is 16.3. The minimum Gasteiger partial charge on any atom is -0.463 e. The molecule has 4 rings (SSSR count). The molecule has 0 spiro atoms. The van der Waals surface area contributed by atoms with Crippen LogP contribution in [-0.4, -0.2) is 19.0 Å². The predicted octanol–water partition coefficient (Wildman–Crippen LogP) is 2.66. The van der Waals surface area contributed by atoms with E-state index in [0.717, 1.165) is 38.1 Å². The first kappa shape index (κ1) is 17.3. The maximum Gasteiger partial charge on any atom is 0.223 e. The van der Waals surface area contributed by atoms with Crippen LogP contribution in [-0.2, 0) is 17.8 Å². The molecular formula is C22H29N2O2+. The number of furan rings is 1. The quantitative estimate of drug-likeness (QED) is 0.868. The van der Waals surface area contributed by atoms with Crippen LogP contribution in [0.15, 0.2) is 47.1 Å². The summed E-state index contributed by atoms with van der Waals surface area (Å²) in [6.45, 7) is 2.71. The zero-order valence-electron chi connectivity index (χ0n) is 15.4. The lowest BCUT2D eigenvalue weighted by Gasteiger charge is -2.32. The van der Waals surface area contributed by atoms with Gasteiger partial charge in [0.15, 0.2) is 11.8 Å². The van der Waals surface area contributed by atoms with Gasteiger partial charge in [-0.15, -0.1) is 0 Å². The fraction of sp³-hybridized carbons (Fsp3) is 0.500. The molecule has 138 valence electrons. The predicted molar refractivity (Wildman–Crippen MR) is 101 cm³/mol. The standard InChI is InChI=1S/C22H28N2O2/c25-22(18-8-2-1-3-9-18)23-15-20(21-11-6-14-26-21)24-13-12-17-7-4-5-10-19(17)16-24/h4-7,10-11,14,18,20H,1-3,8-9,12-13,15-16H2,(H,23,25)/p+1/t20-/m0/s1. The number of hydrogen-bond donors (Lipinski definition) is 2. The van der Waals surface area contributed by atoms with E-state index in [4.69, 9.17) is 4.42 Å². The average molecular weight is 353 g/mol. The van der Waals surface area contributed by atoms with Crippen LogP contribution >= 0.6 is 0 Å². The van der Waals surface area contributed by atoms with E-state index in [1.54, 1.807) is 6.26 Å². The van der Waals surface area contributed by atoms with E-state index in [1.165, 1.54) is 35.3 Å². The lowest BCUT2D eigenvalue weighted by atomic mass is 9.88. The smallest absolute Gasteiger partial charge is 0.223 e. The van der Waals surface area contributed by atoms with Crippen LogP contribution in [0.2, 0.25) is 0 Å². The van der Waals surface area contributed by atoms with Gasteiger partial charge in [0.2, 0.25) is 5.91 Å². The molecule has 1 unspecified atom stereocenters. The SMILES string of the molecule is O=C(NC[C@@H](c1ccco1)[NH+]1CCc2ccccc2C1)C1CCCCC1. The summed E-state index contributed by atoms with van der Waals surface area (Å²) in [4.78, 5) is 14.1. The number of rotatable bonds is 5. The molecule has 1 fully saturated rings. The second-order valence-corrected chi connectivity index (χ2v) is 7.75. The van der Waals surface area contributed by atoms with Crippen LogP contribution in [0.1, 0.15) is 55.0 Å². The molecule has 2 N–H and O–H groups in total. The van der Waals surface area contributed by atoms with E-state index >= 15 is 0 Å². The van der Waals surface area contributed by atoms with Crippen molar-refractivity contribution in [1.29, 1.82) is 0 Å². The highest BCUT2D eigenvalue weighted by molar-refractivity contribution is 5.78. The van der Waals surface area contributed by atoms with Gasteiger partial charge in [0.25, 0.3) is 0 Å². The van der Waals surface area contributed by atoms with Crippen molar-refractivity contribution >= 4 is 5.91 Å². The van der Waals surface area contributed by atoms with Crippen LogP contribution in [0.3, 0.4) is 0 Å². The molecule has 4 heteroatoms. The number of nitrogens with one attached hydrogen (secondary N) is 2. The van der Waals surface area contributed by atoms with Crippen LogP contribution in [0, 0.1) is 5.92 Å². The van der Waals surface area contributed by atoms with Crippen molar-refractivity contribution in [2.24, 2.45) is 5.92 Å². The monoisotopic (exact) mass is 353 g/mol. The first-order valence-corrected chi connectivity index (χ1v) is 10.0. The number of fused-ring (bicyclic) bond motifs is 1. The van der Waals surface area contributed by atoms with Crippen molar-refractivity contribution in [2.45, 2.75) is 51.1 Å². The Bertz CT molecular complexity index is 720. The number of benzene rings is 1. The molecule has 4 nitrogen and oxygen atoms in total. The number of hydrogen-bond acceptors (Lipinski definition) is 2. The van der Waals surface area contributed by atoms with Gasteiger partial charge in [0.1, 0.15) is 6.54 Å². The fourth-order valence-corrected chi connectivity index (χ4v) is 4.55. The van der Waals surface area contributed by atoms with Gasteiger partial charge < -0.3 is 14.6 Å². The summed E-state index contributed by atoms with van der Waals surface area (Å²) in [6.07, 6.45) is 8.56. The molecule has 0 radical (unpaired) electrons. The Hall–Kier alpha value is -2.07. The lowest BCUT2D eigenvalue weighted by Crippen LogP contribution is -3.12. The third kappa shape index (κ3) is 3.85. The largest absolute Gasteiger partial charge is 0.463 e. The Morgan fingerprint density at radius 3 is 2.69 bits per heavy atom. The van der Waals surface area contributed by atoms with E-state index in [0.29, 0.717) is 6.54 Å². The van der Waals surface area contributed by atoms with Gasteiger partial charge in [-0.1, -0.05) is 43.5 Å². The molecule has 1 saturated carbocycles. The number of carbonyl (C=O) groups is 1. The van der Waals surface area contributed by atoms with Crippen LogP contribution in [0.25, 0.3) is 0 Å². The molecule has 2 heterocycles. The molecule has 1 aliphatic heterocycles. The Labute approximate surface area is 155 Å². The van der Waals surface area contributed by atoms with E-state index in [1.807, 2.05) is 12.1 Å². The third-order valence-corrected chi connectivity index (χ3v) is 6.09. The maximum absolute atomic E-state index is 12.6. The van der Waals surface area contributed by atoms with Gasteiger partial charge in [-0.3, -0.25) is 4.79 Å². The van der Waals surface area contributed by atoms with Crippen molar-refractivity contribution < 1.29 is 14.1 Å². The second kappa shape index (κ2) is 8.09. The van der Waals surface area contributed by atoms with Crippen LogP contribution < -0.4 is 10.2 Å². The highest BCUT2D eigenvalue weighted by Crippen LogP contribution is 2.24. The van der Waals surface area contributed by atoms with E-state index in [-0.39, 0.29) is 17.9 Å². The van der Waals surface area contributed by atoms with Gasteiger partial charge in [-0.25, -0.2) is 0 Å². The highest BCUT2D eigenvalue weighted by Gasteiger charge is 2.31. The first-order chi connectivity index (χ1) is 12.8. The van der Waals surface area contributed by atoms with Crippen molar-refractivity contribution in [1.82, 2.24) is 5.32 Å². The molecule has 2 aliphatic rings. The zero-order chi connectivity index (χ0) is 17.8. The van der Waals surface area contributed by atoms with Crippen molar-refractivity contribution in [3.8, 4) is 0 Å². The van der Waals surface area contributed by atoms with Crippen LogP contribution in [0.4, 0.5) is 0 Å². The molecule has 1 aromatic heterocycles. The second-order valence-electron chi connectivity index (χ2n) is 7.75. The molecule has 1 aliphatic carbocycles.